The average molecular weight is 280 g/mol. The van der Waals surface area contributed by atoms with Crippen LogP contribution in [-0.2, 0) is 10.3 Å². The molecule has 1 aromatic heterocycles. The Labute approximate surface area is 120 Å². The molecule has 1 rings (SSSR count). The highest BCUT2D eigenvalue weighted by atomic mass is 16.4. The molecule has 6 heteroatoms. The van der Waals surface area contributed by atoms with E-state index in [-0.39, 0.29) is 0 Å². The van der Waals surface area contributed by atoms with Crippen molar-refractivity contribution in [2.45, 2.75) is 33.2 Å². The number of hydrogen-bond acceptors (Lipinski definition) is 5. The smallest absolute Gasteiger partial charge is 0.329 e. The molecule has 0 radical (unpaired) electrons. The number of hydrogen-bond donors (Lipinski definition) is 2. The fourth-order valence-electron chi connectivity index (χ4n) is 2.16. The highest BCUT2D eigenvalue weighted by Crippen LogP contribution is 2.20. The topological polar surface area (TPSA) is 78.4 Å². The molecule has 0 bridgehead atoms. The first-order valence-corrected chi connectivity index (χ1v) is 6.94. The molecular weight excluding hydrogens is 256 g/mol. The molecule has 0 fully saturated rings. The van der Waals surface area contributed by atoms with Gasteiger partial charge in [0.15, 0.2) is 5.54 Å². The van der Waals surface area contributed by atoms with Crippen molar-refractivity contribution in [1.29, 1.82) is 0 Å². The van der Waals surface area contributed by atoms with E-state index in [1.165, 1.54) is 6.20 Å². The van der Waals surface area contributed by atoms with Gasteiger partial charge >= 0.3 is 5.97 Å². The van der Waals surface area contributed by atoms with Gasteiger partial charge in [-0.05, 0) is 26.9 Å². The van der Waals surface area contributed by atoms with Crippen LogP contribution in [0.2, 0.25) is 0 Å². The first kappa shape index (κ1) is 16.5. The number of carbonyl (C=O) groups is 1. The predicted molar refractivity (Wildman–Crippen MR) is 77.5 cm³/mol. The Bertz CT molecular complexity index is 449. The summed E-state index contributed by atoms with van der Waals surface area (Å²) in [5, 5.41) is 12.7. The van der Waals surface area contributed by atoms with Crippen molar-refractivity contribution in [2.75, 3.05) is 26.2 Å². The summed E-state index contributed by atoms with van der Waals surface area (Å²) in [6.45, 7) is 10.9. The molecule has 6 nitrogen and oxygen atoms in total. The minimum atomic E-state index is -1.22. The van der Waals surface area contributed by atoms with Gasteiger partial charge in [0.2, 0.25) is 0 Å². The summed E-state index contributed by atoms with van der Waals surface area (Å²) in [7, 11) is 0. The monoisotopic (exact) mass is 280 g/mol. The molecule has 112 valence electrons. The fraction of sp³-hybridized carbons (Fsp3) is 0.643. The molecule has 0 saturated heterocycles. The van der Waals surface area contributed by atoms with Crippen molar-refractivity contribution in [3.05, 3.63) is 23.8 Å². The van der Waals surface area contributed by atoms with Crippen LogP contribution in [0.15, 0.2) is 12.4 Å². The molecule has 2 N–H and O–H groups in total. The summed E-state index contributed by atoms with van der Waals surface area (Å²) in [5.41, 5.74) is -0.120. The molecule has 0 aliphatic heterocycles. The molecule has 0 saturated carbocycles. The number of aryl methyl sites for hydroxylation is 1. The Morgan fingerprint density at radius 2 is 1.95 bits per heavy atom. The van der Waals surface area contributed by atoms with Crippen molar-refractivity contribution in [1.82, 2.24) is 20.2 Å². The number of carboxylic acids is 1. The quantitative estimate of drug-likeness (QED) is 0.740. The zero-order valence-corrected chi connectivity index (χ0v) is 12.7. The van der Waals surface area contributed by atoms with E-state index in [0.717, 1.165) is 19.6 Å². The predicted octanol–water partition coefficient (Wildman–Crippen LogP) is 1.02. The van der Waals surface area contributed by atoms with E-state index < -0.39 is 11.5 Å². The van der Waals surface area contributed by atoms with Crippen LogP contribution in [0.3, 0.4) is 0 Å². The second-order valence-electron chi connectivity index (χ2n) is 4.87. The van der Waals surface area contributed by atoms with Gasteiger partial charge in [0, 0.05) is 25.5 Å². The summed E-state index contributed by atoms with van der Waals surface area (Å²) in [6.07, 6.45) is 3.09. The van der Waals surface area contributed by atoms with Crippen molar-refractivity contribution >= 4 is 5.97 Å². The first-order chi connectivity index (χ1) is 9.45. The maximum atomic E-state index is 11.6. The fourth-order valence-corrected chi connectivity index (χ4v) is 2.16. The molecule has 1 aromatic rings. The lowest BCUT2D eigenvalue weighted by molar-refractivity contribution is -0.144. The average Bonchev–Trinajstić information content (AvgIpc) is 2.43. The number of likely N-dealkylation sites (N-methyl/N-ethyl adjacent to an activating group) is 1. The van der Waals surface area contributed by atoms with Gasteiger partial charge in [0.1, 0.15) is 0 Å². The van der Waals surface area contributed by atoms with Crippen molar-refractivity contribution in [3.8, 4) is 0 Å². The summed E-state index contributed by atoms with van der Waals surface area (Å²) in [4.78, 5) is 22.2. The van der Waals surface area contributed by atoms with Crippen LogP contribution in [0.1, 0.15) is 32.2 Å². The zero-order chi connectivity index (χ0) is 15.2. The maximum Gasteiger partial charge on any atom is 0.329 e. The van der Waals surface area contributed by atoms with E-state index in [0.29, 0.717) is 17.9 Å². The summed E-state index contributed by atoms with van der Waals surface area (Å²) in [5.74, 6) is -0.944. The van der Waals surface area contributed by atoms with E-state index in [1.807, 2.05) is 0 Å². The lowest BCUT2D eigenvalue weighted by Gasteiger charge is -2.28. The Kier molecular flexibility index (Phi) is 6.04. The van der Waals surface area contributed by atoms with E-state index in [1.54, 1.807) is 20.0 Å². The third kappa shape index (κ3) is 3.74. The minimum absolute atomic E-state index is 0.465. The Morgan fingerprint density at radius 1 is 1.35 bits per heavy atom. The number of carboxylic acid groups (broad SMARTS) is 1. The van der Waals surface area contributed by atoms with Gasteiger partial charge in [-0.3, -0.25) is 15.3 Å². The second kappa shape index (κ2) is 7.31. The number of rotatable bonds is 8. The highest BCUT2D eigenvalue weighted by molar-refractivity contribution is 5.79. The van der Waals surface area contributed by atoms with E-state index in [2.05, 4.69) is 34.0 Å². The van der Waals surface area contributed by atoms with Crippen molar-refractivity contribution in [2.24, 2.45) is 0 Å². The van der Waals surface area contributed by atoms with Crippen LogP contribution >= 0.6 is 0 Å². The zero-order valence-electron chi connectivity index (χ0n) is 12.7. The van der Waals surface area contributed by atoms with Gasteiger partial charge in [0.05, 0.1) is 11.4 Å². The van der Waals surface area contributed by atoms with Gasteiger partial charge in [-0.1, -0.05) is 13.8 Å². The molecule has 0 aliphatic rings. The Hall–Kier alpha value is -1.53. The third-order valence-corrected chi connectivity index (χ3v) is 3.58. The molecule has 0 aromatic carbocycles. The number of aliphatic carboxylic acids is 1. The Morgan fingerprint density at radius 3 is 2.45 bits per heavy atom. The SMILES string of the molecule is CCN(CC)CCNC(C)(C(=O)O)c1nccnc1C. The van der Waals surface area contributed by atoms with E-state index in [9.17, 15) is 9.90 Å². The van der Waals surface area contributed by atoms with E-state index in [4.69, 9.17) is 0 Å². The van der Waals surface area contributed by atoms with Crippen LogP contribution in [0.5, 0.6) is 0 Å². The van der Waals surface area contributed by atoms with Crippen molar-refractivity contribution < 1.29 is 9.90 Å². The summed E-state index contributed by atoms with van der Waals surface area (Å²) in [6, 6.07) is 0. The molecular formula is C14H24N4O2. The van der Waals surface area contributed by atoms with Crippen LogP contribution in [-0.4, -0.2) is 52.1 Å². The molecule has 0 spiro atoms. The van der Waals surface area contributed by atoms with E-state index >= 15 is 0 Å². The molecule has 1 unspecified atom stereocenters. The van der Waals surface area contributed by atoms with Crippen LogP contribution in [0, 0.1) is 6.92 Å². The summed E-state index contributed by atoms with van der Waals surface area (Å²) >= 11 is 0. The van der Waals surface area contributed by atoms with Gasteiger partial charge in [-0.15, -0.1) is 0 Å². The first-order valence-electron chi connectivity index (χ1n) is 6.94. The summed E-state index contributed by atoms with van der Waals surface area (Å²) < 4.78 is 0. The van der Waals surface area contributed by atoms with Crippen LogP contribution in [0.25, 0.3) is 0 Å². The van der Waals surface area contributed by atoms with Gasteiger partial charge in [-0.25, -0.2) is 4.79 Å². The van der Waals surface area contributed by atoms with Gasteiger partial charge in [-0.2, -0.15) is 0 Å². The lowest BCUT2D eigenvalue weighted by Crippen LogP contribution is -2.50. The van der Waals surface area contributed by atoms with Crippen LogP contribution < -0.4 is 5.32 Å². The lowest BCUT2D eigenvalue weighted by atomic mass is 9.96. The number of nitrogens with zero attached hydrogens (tertiary/aromatic N) is 3. The normalized spacial score (nSPS) is 14.2. The van der Waals surface area contributed by atoms with Gasteiger partial charge in [0.25, 0.3) is 0 Å². The standard InChI is InChI=1S/C14H24N4O2/c1-5-18(6-2)10-9-17-14(4,13(19)20)12-11(3)15-7-8-16-12/h7-8,17H,5-6,9-10H2,1-4H3,(H,19,20). The van der Waals surface area contributed by atoms with Crippen LogP contribution in [0.4, 0.5) is 0 Å². The maximum absolute atomic E-state index is 11.6. The molecule has 20 heavy (non-hydrogen) atoms. The molecule has 1 heterocycles. The van der Waals surface area contributed by atoms with Crippen molar-refractivity contribution in [3.63, 3.8) is 0 Å². The largest absolute Gasteiger partial charge is 0.480 e. The molecule has 0 amide bonds. The second-order valence-corrected chi connectivity index (χ2v) is 4.87. The number of aromatic nitrogens is 2. The third-order valence-electron chi connectivity index (χ3n) is 3.58. The Balaban J connectivity index is 2.83. The van der Waals surface area contributed by atoms with Gasteiger partial charge < -0.3 is 10.0 Å². The molecule has 0 aliphatic carbocycles. The highest BCUT2D eigenvalue weighted by Gasteiger charge is 2.37. The molecule has 1 atom stereocenters. The number of nitrogens with one attached hydrogen (secondary N) is 1. The minimum Gasteiger partial charge on any atom is -0.480 e.